The molecule has 0 saturated heterocycles. The third-order valence-electron chi connectivity index (χ3n) is 3.95. The van der Waals surface area contributed by atoms with E-state index in [2.05, 4.69) is 33.7 Å². The van der Waals surface area contributed by atoms with Crippen LogP contribution in [0, 0.1) is 6.92 Å². The second-order valence-corrected chi connectivity index (χ2v) is 5.88. The fourth-order valence-electron chi connectivity index (χ4n) is 2.63. The van der Waals surface area contributed by atoms with E-state index in [-0.39, 0.29) is 24.0 Å². The molecule has 0 aliphatic heterocycles. The Bertz CT molecular complexity index is 828. The summed E-state index contributed by atoms with van der Waals surface area (Å²) in [6.45, 7) is 2.73. The highest BCUT2D eigenvalue weighted by molar-refractivity contribution is 14.0. The van der Waals surface area contributed by atoms with E-state index in [0.717, 1.165) is 29.9 Å². The summed E-state index contributed by atoms with van der Waals surface area (Å²) in [4.78, 5) is 4.39. The number of hydrogen-bond acceptors (Lipinski definition) is 2. The maximum absolute atomic E-state index is 5.92. The normalized spacial score (nSPS) is 11.0. The molecule has 3 rings (SSSR count). The lowest BCUT2D eigenvalue weighted by Gasteiger charge is -2.05. The molecule has 0 radical (unpaired) electrons. The van der Waals surface area contributed by atoms with Crippen molar-refractivity contribution in [2.45, 2.75) is 19.8 Å². The third kappa shape index (κ3) is 5.59. The number of aliphatic imine (C=N–C) groups is 1. The Hall–Kier alpha value is -2.35. The first-order chi connectivity index (χ1) is 12.2. The number of rotatable bonds is 6. The van der Waals surface area contributed by atoms with Crippen LogP contribution in [0.25, 0.3) is 5.69 Å². The van der Waals surface area contributed by atoms with Gasteiger partial charge < -0.3 is 11.1 Å². The van der Waals surface area contributed by atoms with Crippen LogP contribution < -0.4 is 11.1 Å². The Morgan fingerprint density at radius 2 is 1.73 bits per heavy atom. The van der Waals surface area contributed by atoms with E-state index >= 15 is 0 Å². The highest BCUT2D eigenvalue weighted by Gasteiger charge is 2.06. The Morgan fingerprint density at radius 1 is 1.08 bits per heavy atom. The highest BCUT2D eigenvalue weighted by Crippen LogP contribution is 2.13. The van der Waals surface area contributed by atoms with Crippen molar-refractivity contribution in [3.8, 4) is 5.69 Å². The van der Waals surface area contributed by atoms with Crippen molar-refractivity contribution in [1.29, 1.82) is 0 Å². The van der Waals surface area contributed by atoms with Gasteiger partial charge in [-0.05, 0) is 49.6 Å². The van der Waals surface area contributed by atoms with Crippen molar-refractivity contribution in [2.24, 2.45) is 10.7 Å². The van der Waals surface area contributed by atoms with Gasteiger partial charge in [0.15, 0.2) is 5.96 Å². The topological polar surface area (TPSA) is 68.2 Å². The van der Waals surface area contributed by atoms with Gasteiger partial charge in [0.2, 0.25) is 0 Å². The molecule has 0 amide bonds. The summed E-state index contributed by atoms with van der Waals surface area (Å²) in [5.41, 5.74) is 10.2. The average molecular weight is 461 g/mol. The zero-order chi connectivity index (χ0) is 17.5. The average Bonchev–Trinajstić information content (AvgIpc) is 3.01. The lowest BCUT2D eigenvalue weighted by molar-refractivity contribution is 0.827. The molecular weight excluding hydrogens is 437 g/mol. The van der Waals surface area contributed by atoms with Gasteiger partial charge in [-0.1, -0.05) is 36.4 Å². The molecule has 136 valence electrons. The first-order valence-corrected chi connectivity index (χ1v) is 8.45. The van der Waals surface area contributed by atoms with Gasteiger partial charge in [-0.25, -0.2) is 4.68 Å². The van der Waals surface area contributed by atoms with Gasteiger partial charge in [-0.3, -0.25) is 4.99 Å². The fraction of sp³-hybridized carbons (Fsp3) is 0.200. The molecule has 0 saturated carbocycles. The van der Waals surface area contributed by atoms with Crippen LogP contribution in [0.2, 0.25) is 0 Å². The largest absolute Gasteiger partial charge is 0.370 e. The van der Waals surface area contributed by atoms with Crippen LogP contribution in [0.15, 0.2) is 71.9 Å². The summed E-state index contributed by atoms with van der Waals surface area (Å²) in [6, 6.07) is 20.0. The van der Waals surface area contributed by atoms with E-state index in [1.807, 2.05) is 60.1 Å². The number of aromatic nitrogens is 2. The van der Waals surface area contributed by atoms with Crippen molar-refractivity contribution >= 4 is 35.6 Å². The Labute approximate surface area is 171 Å². The Balaban J connectivity index is 0.00000243. The van der Waals surface area contributed by atoms with Crippen molar-refractivity contribution in [1.82, 2.24) is 9.78 Å². The number of nitrogens with one attached hydrogen (secondary N) is 1. The summed E-state index contributed by atoms with van der Waals surface area (Å²) in [6.07, 6.45) is 3.96. The molecule has 1 heterocycles. The summed E-state index contributed by atoms with van der Waals surface area (Å²) in [5, 5.41) is 7.68. The summed E-state index contributed by atoms with van der Waals surface area (Å²) in [7, 11) is 0. The zero-order valence-corrected chi connectivity index (χ0v) is 17.1. The Morgan fingerprint density at radius 3 is 2.42 bits per heavy atom. The van der Waals surface area contributed by atoms with Crippen molar-refractivity contribution in [3.63, 3.8) is 0 Å². The molecule has 0 aliphatic rings. The molecule has 3 N–H and O–H groups in total. The molecule has 3 aromatic rings. The van der Waals surface area contributed by atoms with Crippen LogP contribution in [0.5, 0.6) is 0 Å². The molecule has 0 atom stereocenters. The first kappa shape index (κ1) is 20.0. The maximum atomic E-state index is 5.92. The standard InChI is InChI=1S/C20H23N5.HI/c1-16-17(15-25(24-16)19-12-6-3-7-13-19)9-8-14-22-20(21)23-18-10-4-2-5-11-18;/h2-7,10-13,15H,8-9,14H2,1H3,(H3,21,22,23);1H. The van der Waals surface area contributed by atoms with E-state index < -0.39 is 0 Å². The van der Waals surface area contributed by atoms with E-state index in [0.29, 0.717) is 12.5 Å². The molecular formula is C20H24IN5. The van der Waals surface area contributed by atoms with E-state index in [1.54, 1.807) is 0 Å². The number of para-hydroxylation sites is 2. The third-order valence-corrected chi connectivity index (χ3v) is 3.95. The summed E-state index contributed by atoms with van der Waals surface area (Å²) >= 11 is 0. The van der Waals surface area contributed by atoms with Crippen LogP contribution in [-0.2, 0) is 6.42 Å². The van der Waals surface area contributed by atoms with Gasteiger partial charge in [0.1, 0.15) is 0 Å². The summed E-state index contributed by atoms with van der Waals surface area (Å²) < 4.78 is 1.93. The smallest absolute Gasteiger partial charge is 0.193 e. The SMILES string of the molecule is Cc1nn(-c2ccccc2)cc1CCCN=C(N)Nc1ccccc1.I. The van der Waals surface area contributed by atoms with Crippen LogP contribution in [0.4, 0.5) is 5.69 Å². The van der Waals surface area contributed by atoms with Gasteiger partial charge in [-0.15, -0.1) is 24.0 Å². The fourth-order valence-corrected chi connectivity index (χ4v) is 2.63. The number of nitrogens with zero attached hydrogens (tertiary/aromatic N) is 3. The predicted octanol–water partition coefficient (Wildman–Crippen LogP) is 4.16. The molecule has 0 fully saturated rings. The molecule has 0 aliphatic carbocycles. The van der Waals surface area contributed by atoms with E-state index in [4.69, 9.17) is 5.73 Å². The lowest BCUT2D eigenvalue weighted by atomic mass is 10.1. The molecule has 6 heteroatoms. The molecule has 5 nitrogen and oxygen atoms in total. The first-order valence-electron chi connectivity index (χ1n) is 8.45. The number of benzene rings is 2. The van der Waals surface area contributed by atoms with Gasteiger partial charge in [0.25, 0.3) is 0 Å². The minimum atomic E-state index is 0. The lowest BCUT2D eigenvalue weighted by Crippen LogP contribution is -2.22. The van der Waals surface area contributed by atoms with Crippen LogP contribution >= 0.6 is 24.0 Å². The van der Waals surface area contributed by atoms with Crippen LogP contribution in [0.3, 0.4) is 0 Å². The van der Waals surface area contributed by atoms with E-state index in [1.165, 1.54) is 5.56 Å². The number of halogens is 1. The zero-order valence-electron chi connectivity index (χ0n) is 14.8. The van der Waals surface area contributed by atoms with Crippen LogP contribution in [-0.4, -0.2) is 22.3 Å². The minimum Gasteiger partial charge on any atom is -0.370 e. The Kier molecular flexibility index (Phi) is 7.65. The monoisotopic (exact) mass is 461 g/mol. The second kappa shape index (κ2) is 9.96. The molecule has 2 aromatic carbocycles. The molecule has 0 unspecified atom stereocenters. The van der Waals surface area contributed by atoms with Gasteiger partial charge >= 0.3 is 0 Å². The van der Waals surface area contributed by atoms with Gasteiger partial charge in [0.05, 0.1) is 11.4 Å². The van der Waals surface area contributed by atoms with Crippen molar-refractivity contribution < 1.29 is 0 Å². The van der Waals surface area contributed by atoms with Gasteiger partial charge in [-0.2, -0.15) is 5.10 Å². The molecule has 0 spiro atoms. The summed E-state index contributed by atoms with van der Waals surface area (Å²) in [5.74, 6) is 0.447. The molecule has 1 aromatic heterocycles. The number of aryl methyl sites for hydroxylation is 2. The number of anilines is 1. The number of nitrogens with two attached hydrogens (primary N) is 1. The maximum Gasteiger partial charge on any atom is 0.193 e. The van der Waals surface area contributed by atoms with Crippen LogP contribution in [0.1, 0.15) is 17.7 Å². The number of guanidine groups is 1. The quantitative estimate of drug-likeness (QED) is 0.251. The predicted molar refractivity (Wildman–Crippen MR) is 119 cm³/mol. The minimum absolute atomic E-state index is 0. The molecule has 0 bridgehead atoms. The highest BCUT2D eigenvalue weighted by atomic mass is 127. The second-order valence-electron chi connectivity index (χ2n) is 5.88. The molecule has 26 heavy (non-hydrogen) atoms. The van der Waals surface area contributed by atoms with Crippen molar-refractivity contribution in [3.05, 3.63) is 78.1 Å². The van der Waals surface area contributed by atoms with E-state index in [9.17, 15) is 0 Å². The number of hydrogen-bond donors (Lipinski definition) is 2. The van der Waals surface area contributed by atoms with Crippen molar-refractivity contribution in [2.75, 3.05) is 11.9 Å². The van der Waals surface area contributed by atoms with Gasteiger partial charge in [0, 0.05) is 18.4 Å².